The standard InChI is InChI=1S/C27H44O2/c1-20(2)10-7-11-21(3)12-8-13-22(4)14-9-15-23(5)16-17-25-19-26(28)18-24(6)27(25)29/h15,18-22H,7-14,16-17H2,1-6H3/b23-15+/t21-,22-/m1/s1. The maximum absolute atomic E-state index is 12.1. The third kappa shape index (κ3) is 11.4. The molecule has 0 aliphatic heterocycles. The van der Waals surface area contributed by atoms with Crippen LogP contribution >= 0.6 is 0 Å². The highest BCUT2D eigenvalue weighted by Gasteiger charge is 2.18. The molecule has 29 heavy (non-hydrogen) atoms. The van der Waals surface area contributed by atoms with Crippen molar-refractivity contribution in [2.45, 2.75) is 106 Å². The van der Waals surface area contributed by atoms with E-state index in [1.54, 1.807) is 6.92 Å². The van der Waals surface area contributed by atoms with E-state index in [-0.39, 0.29) is 11.6 Å². The predicted octanol–water partition coefficient (Wildman–Crippen LogP) is 7.79. The van der Waals surface area contributed by atoms with Crippen LogP contribution in [0.3, 0.4) is 0 Å². The molecule has 0 heterocycles. The molecule has 0 amide bonds. The lowest BCUT2D eigenvalue weighted by atomic mass is 9.91. The Labute approximate surface area is 179 Å². The zero-order chi connectivity index (χ0) is 21.8. The fourth-order valence-corrected chi connectivity index (χ4v) is 4.02. The first-order chi connectivity index (χ1) is 13.7. The lowest BCUT2D eigenvalue weighted by molar-refractivity contribution is -0.115. The molecule has 0 unspecified atom stereocenters. The van der Waals surface area contributed by atoms with Gasteiger partial charge in [0.2, 0.25) is 0 Å². The van der Waals surface area contributed by atoms with Gasteiger partial charge in [0.25, 0.3) is 0 Å². The average molecular weight is 401 g/mol. The molecule has 0 saturated carbocycles. The zero-order valence-corrected chi connectivity index (χ0v) is 19.9. The monoisotopic (exact) mass is 400 g/mol. The molecule has 1 aliphatic carbocycles. The summed E-state index contributed by atoms with van der Waals surface area (Å²) in [4.78, 5) is 23.7. The molecule has 0 radical (unpaired) electrons. The number of carbonyl (C=O) groups is 2. The van der Waals surface area contributed by atoms with Crippen molar-refractivity contribution in [3.05, 3.63) is 34.9 Å². The molecule has 0 aromatic heterocycles. The van der Waals surface area contributed by atoms with E-state index >= 15 is 0 Å². The molecule has 2 atom stereocenters. The van der Waals surface area contributed by atoms with E-state index in [0.717, 1.165) is 30.6 Å². The Bertz CT molecular complexity index is 618. The third-order valence-electron chi connectivity index (χ3n) is 6.14. The summed E-state index contributed by atoms with van der Waals surface area (Å²) in [6.07, 6.45) is 17.3. The highest BCUT2D eigenvalue weighted by molar-refractivity contribution is 6.19. The van der Waals surface area contributed by atoms with Gasteiger partial charge in [0.15, 0.2) is 11.6 Å². The Morgan fingerprint density at radius 1 is 0.897 bits per heavy atom. The van der Waals surface area contributed by atoms with Crippen LogP contribution in [0.4, 0.5) is 0 Å². The molecule has 0 aromatic rings. The summed E-state index contributed by atoms with van der Waals surface area (Å²) in [6.45, 7) is 13.3. The van der Waals surface area contributed by atoms with Gasteiger partial charge in [-0.1, -0.05) is 77.9 Å². The molecular weight excluding hydrogens is 356 g/mol. The number of hydrogen-bond acceptors (Lipinski definition) is 2. The lowest BCUT2D eigenvalue weighted by Crippen LogP contribution is -2.12. The molecule has 2 nitrogen and oxygen atoms in total. The van der Waals surface area contributed by atoms with Gasteiger partial charge in [-0.3, -0.25) is 9.59 Å². The molecule has 0 fully saturated rings. The van der Waals surface area contributed by atoms with Crippen LogP contribution in [-0.2, 0) is 9.59 Å². The van der Waals surface area contributed by atoms with Crippen molar-refractivity contribution in [1.29, 1.82) is 0 Å². The van der Waals surface area contributed by atoms with Gasteiger partial charge in [-0.15, -0.1) is 0 Å². The summed E-state index contributed by atoms with van der Waals surface area (Å²) in [5, 5.41) is 0. The first-order valence-electron chi connectivity index (χ1n) is 11.8. The number of allylic oxidation sites excluding steroid dienone is 6. The van der Waals surface area contributed by atoms with Gasteiger partial charge >= 0.3 is 0 Å². The van der Waals surface area contributed by atoms with Crippen molar-refractivity contribution in [2.75, 3.05) is 0 Å². The average Bonchev–Trinajstić information content (AvgIpc) is 2.63. The number of Topliss-reactive ketones (excluding diaryl/α,β-unsaturated/α-hetero) is 1. The summed E-state index contributed by atoms with van der Waals surface area (Å²) in [5.41, 5.74) is 2.56. The molecule has 0 N–H and O–H groups in total. The highest BCUT2D eigenvalue weighted by atomic mass is 16.1. The van der Waals surface area contributed by atoms with Crippen molar-refractivity contribution in [3.63, 3.8) is 0 Å². The summed E-state index contributed by atoms with van der Waals surface area (Å²) >= 11 is 0. The van der Waals surface area contributed by atoms with E-state index < -0.39 is 0 Å². The topological polar surface area (TPSA) is 34.1 Å². The molecule has 0 saturated heterocycles. The van der Waals surface area contributed by atoms with Gasteiger partial charge < -0.3 is 0 Å². The molecule has 1 aliphatic rings. The number of hydrogen-bond donors (Lipinski definition) is 0. The quantitative estimate of drug-likeness (QED) is 0.220. The van der Waals surface area contributed by atoms with Crippen LogP contribution in [-0.4, -0.2) is 11.6 Å². The lowest BCUT2D eigenvalue weighted by Gasteiger charge is -2.15. The Balaban J connectivity index is 2.19. The van der Waals surface area contributed by atoms with Crippen LogP contribution in [0.2, 0.25) is 0 Å². The summed E-state index contributed by atoms with van der Waals surface area (Å²) < 4.78 is 0. The molecule has 1 rings (SSSR count). The summed E-state index contributed by atoms with van der Waals surface area (Å²) in [6, 6.07) is 0. The van der Waals surface area contributed by atoms with Crippen molar-refractivity contribution in [3.8, 4) is 0 Å². The minimum Gasteiger partial charge on any atom is -0.290 e. The third-order valence-corrected chi connectivity index (χ3v) is 6.14. The van der Waals surface area contributed by atoms with Crippen LogP contribution in [0.15, 0.2) is 34.9 Å². The van der Waals surface area contributed by atoms with Crippen LogP contribution in [0.25, 0.3) is 0 Å². The second-order valence-electron chi connectivity index (χ2n) is 9.82. The van der Waals surface area contributed by atoms with E-state index in [9.17, 15) is 9.59 Å². The zero-order valence-electron chi connectivity index (χ0n) is 19.9. The highest BCUT2D eigenvalue weighted by Crippen LogP contribution is 2.22. The Morgan fingerprint density at radius 2 is 1.48 bits per heavy atom. The first kappa shape index (κ1) is 25.6. The fraction of sp³-hybridized carbons (Fsp3) is 0.704. The Hall–Kier alpha value is -1.44. The fourth-order valence-electron chi connectivity index (χ4n) is 4.02. The Kier molecular flexibility index (Phi) is 12.1. The Morgan fingerprint density at radius 3 is 2.10 bits per heavy atom. The van der Waals surface area contributed by atoms with Crippen molar-refractivity contribution >= 4 is 11.6 Å². The maximum atomic E-state index is 12.1. The van der Waals surface area contributed by atoms with E-state index in [1.807, 2.05) is 0 Å². The molecule has 0 spiro atoms. The van der Waals surface area contributed by atoms with Crippen LogP contribution in [0, 0.1) is 17.8 Å². The van der Waals surface area contributed by atoms with Crippen LogP contribution in [0.1, 0.15) is 106 Å². The van der Waals surface area contributed by atoms with Crippen LogP contribution < -0.4 is 0 Å². The van der Waals surface area contributed by atoms with E-state index in [0.29, 0.717) is 17.6 Å². The minimum absolute atomic E-state index is 0.0319. The molecule has 0 bridgehead atoms. The molecule has 2 heteroatoms. The first-order valence-corrected chi connectivity index (χ1v) is 11.8. The van der Waals surface area contributed by atoms with Crippen molar-refractivity contribution in [2.24, 2.45) is 17.8 Å². The summed E-state index contributed by atoms with van der Waals surface area (Å²) in [5.74, 6) is 2.45. The van der Waals surface area contributed by atoms with Gasteiger partial charge in [-0.25, -0.2) is 0 Å². The van der Waals surface area contributed by atoms with Crippen LogP contribution in [0.5, 0.6) is 0 Å². The van der Waals surface area contributed by atoms with Crippen molar-refractivity contribution in [1.82, 2.24) is 0 Å². The predicted molar refractivity (Wildman–Crippen MR) is 125 cm³/mol. The van der Waals surface area contributed by atoms with Crippen molar-refractivity contribution < 1.29 is 9.59 Å². The SMILES string of the molecule is CC1=CC(=O)C=C(CC/C(C)=C/CC[C@H](C)CCC[C@H](C)CCCC(C)C)C1=O. The second-order valence-corrected chi connectivity index (χ2v) is 9.82. The van der Waals surface area contributed by atoms with Gasteiger partial charge in [-0.2, -0.15) is 0 Å². The van der Waals surface area contributed by atoms with Gasteiger partial charge in [0, 0.05) is 11.1 Å². The van der Waals surface area contributed by atoms with E-state index in [1.165, 1.54) is 62.7 Å². The minimum atomic E-state index is -0.0539. The number of carbonyl (C=O) groups excluding carboxylic acids is 2. The molecular formula is C27H44O2. The normalized spacial score (nSPS) is 17.4. The number of ketones is 2. The molecule has 164 valence electrons. The van der Waals surface area contributed by atoms with Gasteiger partial charge in [-0.05, 0) is 69.4 Å². The van der Waals surface area contributed by atoms with Gasteiger partial charge in [0.1, 0.15) is 0 Å². The second kappa shape index (κ2) is 13.7. The largest absolute Gasteiger partial charge is 0.290 e. The summed E-state index contributed by atoms with van der Waals surface area (Å²) in [7, 11) is 0. The maximum Gasteiger partial charge on any atom is 0.184 e. The van der Waals surface area contributed by atoms with Gasteiger partial charge in [0.05, 0.1) is 0 Å². The van der Waals surface area contributed by atoms with E-state index in [4.69, 9.17) is 0 Å². The molecule has 0 aromatic carbocycles. The van der Waals surface area contributed by atoms with E-state index in [2.05, 4.69) is 40.7 Å². The smallest absolute Gasteiger partial charge is 0.184 e. The number of rotatable bonds is 14.